The molecule has 1 heterocycles. The van der Waals surface area contributed by atoms with E-state index < -0.39 is 0 Å². The van der Waals surface area contributed by atoms with E-state index in [-0.39, 0.29) is 0 Å². The number of piperazine rings is 1. The monoisotopic (exact) mass is 281 g/mol. The molecule has 0 atom stereocenters. The van der Waals surface area contributed by atoms with Crippen LogP contribution in [0.25, 0.3) is 0 Å². The number of nitrogens with zero attached hydrogens (tertiary/aromatic N) is 2. The Morgan fingerprint density at radius 2 is 1.43 bits per heavy atom. The minimum Gasteiger partial charge on any atom is -0.368 e. The lowest BCUT2D eigenvalue weighted by atomic mass is 10.1. The van der Waals surface area contributed by atoms with Gasteiger partial charge in [0.05, 0.1) is 0 Å². The van der Waals surface area contributed by atoms with Gasteiger partial charge in [-0.05, 0) is 42.3 Å². The molecule has 21 heavy (non-hydrogen) atoms. The third-order valence-electron chi connectivity index (χ3n) is 4.16. The number of hydrogen-bond acceptors (Lipinski definition) is 3. The molecule has 0 aromatic heterocycles. The van der Waals surface area contributed by atoms with Crippen LogP contribution in [0.4, 0.5) is 11.4 Å². The van der Waals surface area contributed by atoms with Crippen LogP contribution in [0.1, 0.15) is 11.1 Å². The van der Waals surface area contributed by atoms with Crippen molar-refractivity contribution >= 4 is 11.4 Å². The second kappa shape index (κ2) is 6.19. The molecule has 0 amide bonds. The van der Waals surface area contributed by atoms with Crippen molar-refractivity contribution in [3.8, 4) is 0 Å². The zero-order chi connectivity index (χ0) is 14.7. The van der Waals surface area contributed by atoms with Gasteiger partial charge >= 0.3 is 0 Å². The molecule has 0 bridgehead atoms. The summed E-state index contributed by atoms with van der Waals surface area (Å²) in [6.45, 7) is 7.01. The fourth-order valence-corrected chi connectivity index (χ4v) is 2.93. The van der Waals surface area contributed by atoms with Gasteiger partial charge in [0.2, 0.25) is 0 Å². The third kappa shape index (κ3) is 3.19. The highest BCUT2D eigenvalue weighted by Gasteiger charge is 2.17. The van der Waals surface area contributed by atoms with E-state index >= 15 is 0 Å². The summed E-state index contributed by atoms with van der Waals surface area (Å²) >= 11 is 0. The van der Waals surface area contributed by atoms with E-state index in [1.54, 1.807) is 0 Å². The quantitative estimate of drug-likeness (QED) is 0.939. The minimum absolute atomic E-state index is 0.608. The van der Waals surface area contributed by atoms with Crippen LogP contribution < -0.4 is 15.5 Å². The van der Waals surface area contributed by atoms with Crippen molar-refractivity contribution in [2.24, 2.45) is 5.73 Å². The van der Waals surface area contributed by atoms with E-state index in [9.17, 15) is 0 Å². The highest BCUT2D eigenvalue weighted by atomic mass is 15.3. The average Bonchev–Trinajstić information content (AvgIpc) is 2.55. The molecular formula is C18H23N3. The van der Waals surface area contributed by atoms with E-state index in [4.69, 9.17) is 5.73 Å². The third-order valence-corrected chi connectivity index (χ3v) is 4.16. The second-order valence-electron chi connectivity index (χ2n) is 5.69. The maximum atomic E-state index is 5.73. The lowest BCUT2D eigenvalue weighted by molar-refractivity contribution is 0.653. The second-order valence-corrected chi connectivity index (χ2v) is 5.69. The molecule has 1 saturated heterocycles. The van der Waals surface area contributed by atoms with E-state index in [1.807, 2.05) is 0 Å². The lowest BCUT2D eigenvalue weighted by Gasteiger charge is -2.37. The van der Waals surface area contributed by atoms with Crippen molar-refractivity contribution in [3.05, 3.63) is 59.7 Å². The minimum atomic E-state index is 0.608. The number of aryl methyl sites for hydroxylation is 1. The zero-order valence-electron chi connectivity index (χ0n) is 12.6. The summed E-state index contributed by atoms with van der Waals surface area (Å²) in [6.07, 6.45) is 0. The van der Waals surface area contributed by atoms with Crippen LogP contribution in [0.15, 0.2) is 48.5 Å². The van der Waals surface area contributed by atoms with Gasteiger partial charge in [0.15, 0.2) is 0 Å². The van der Waals surface area contributed by atoms with E-state index in [0.717, 1.165) is 26.2 Å². The van der Waals surface area contributed by atoms with Crippen LogP contribution in [0, 0.1) is 6.92 Å². The highest BCUT2D eigenvalue weighted by molar-refractivity contribution is 5.53. The Morgan fingerprint density at radius 1 is 0.857 bits per heavy atom. The molecule has 2 aromatic carbocycles. The highest BCUT2D eigenvalue weighted by Crippen LogP contribution is 2.22. The summed E-state index contributed by atoms with van der Waals surface area (Å²) < 4.78 is 0. The molecule has 3 heteroatoms. The Morgan fingerprint density at radius 3 is 2.00 bits per heavy atom. The molecular weight excluding hydrogens is 258 g/mol. The maximum absolute atomic E-state index is 5.73. The van der Waals surface area contributed by atoms with Crippen LogP contribution in [-0.2, 0) is 6.54 Å². The normalized spacial score (nSPS) is 15.3. The van der Waals surface area contributed by atoms with Gasteiger partial charge < -0.3 is 15.5 Å². The summed E-state index contributed by atoms with van der Waals surface area (Å²) in [4.78, 5) is 4.92. The predicted molar refractivity (Wildman–Crippen MR) is 89.9 cm³/mol. The summed E-state index contributed by atoms with van der Waals surface area (Å²) in [7, 11) is 0. The molecule has 0 radical (unpaired) electrons. The van der Waals surface area contributed by atoms with Gasteiger partial charge in [0.25, 0.3) is 0 Å². The Balaban J connectivity index is 1.67. The van der Waals surface area contributed by atoms with Gasteiger partial charge in [0.1, 0.15) is 0 Å². The van der Waals surface area contributed by atoms with Crippen LogP contribution in [0.5, 0.6) is 0 Å². The number of hydrogen-bond donors (Lipinski definition) is 1. The van der Waals surface area contributed by atoms with E-state index in [2.05, 4.69) is 65.3 Å². The van der Waals surface area contributed by atoms with Crippen LogP contribution in [0.2, 0.25) is 0 Å². The topological polar surface area (TPSA) is 32.5 Å². The lowest BCUT2D eigenvalue weighted by Crippen LogP contribution is -2.46. The van der Waals surface area contributed by atoms with E-state index in [1.165, 1.54) is 22.5 Å². The van der Waals surface area contributed by atoms with Crippen LogP contribution in [-0.4, -0.2) is 26.2 Å². The Kier molecular flexibility index (Phi) is 4.11. The van der Waals surface area contributed by atoms with Crippen molar-refractivity contribution in [2.75, 3.05) is 36.0 Å². The first-order valence-electron chi connectivity index (χ1n) is 7.62. The smallest absolute Gasteiger partial charge is 0.0370 e. The largest absolute Gasteiger partial charge is 0.368 e. The SMILES string of the molecule is Cc1cccc(N2CCN(c3cccc(CN)c3)CC2)c1. The van der Waals surface area contributed by atoms with Gasteiger partial charge in [-0.15, -0.1) is 0 Å². The molecule has 1 aliphatic heterocycles. The van der Waals surface area contributed by atoms with Crippen molar-refractivity contribution in [1.29, 1.82) is 0 Å². The molecule has 0 unspecified atom stereocenters. The maximum Gasteiger partial charge on any atom is 0.0370 e. The fourth-order valence-electron chi connectivity index (χ4n) is 2.93. The first-order chi connectivity index (χ1) is 10.3. The van der Waals surface area contributed by atoms with Gasteiger partial charge in [-0.3, -0.25) is 0 Å². The average molecular weight is 281 g/mol. The van der Waals surface area contributed by atoms with Crippen molar-refractivity contribution < 1.29 is 0 Å². The number of benzene rings is 2. The summed E-state index contributed by atoms with van der Waals surface area (Å²) in [6, 6.07) is 17.4. The van der Waals surface area contributed by atoms with Gasteiger partial charge in [0, 0.05) is 44.1 Å². The summed E-state index contributed by atoms with van der Waals surface area (Å²) in [5, 5.41) is 0. The number of nitrogens with two attached hydrogens (primary N) is 1. The number of rotatable bonds is 3. The molecule has 1 fully saturated rings. The Labute approximate surface area is 127 Å². The first-order valence-corrected chi connectivity index (χ1v) is 7.62. The van der Waals surface area contributed by atoms with Crippen molar-refractivity contribution in [2.45, 2.75) is 13.5 Å². The molecule has 0 spiro atoms. The van der Waals surface area contributed by atoms with Crippen LogP contribution >= 0.6 is 0 Å². The molecule has 0 aliphatic carbocycles. The molecule has 0 saturated carbocycles. The van der Waals surface area contributed by atoms with Crippen LogP contribution in [0.3, 0.4) is 0 Å². The molecule has 1 aliphatic rings. The summed E-state index contributed by atoms with van der Waals surface area (Å²) in [5.74, 6) is 0. The van der Waals surface area contributed by atoms with Crippen molar-refractivity contribution in [1.82, 2.24) is 0 Å². The van der Waals surface area contributed by atoms with Gasteiger partial charge in [-0.2, -0.15) is 0 Å². The fraction of sp³-hybridized carbons (Fsp3) is 0.333. The molecule has 2 N–H and O–H groups in total. The van der Waals surface area contributed by atoms with Gasteiger partial charge in [-0.25, -0.2) is 0 Å². The number of anilines is 2. The standard InChI is InChI=1S/C18H23N3/c1-15-4-2-6-17(12-15)20-8-10-21(11-9-20)18-7-3-5-16(13-18)14-19/h2-7,12-13H,8-11,14,19H2,1H3. The molecule has 2 aromatic rings. The molecule has 3 nitrogen and oxygen atoms in total. The van der Waals surface area contributed by atoms with E-state index in [0.29, 0.717) is 6.54 Å². The molecule has 3 rings (SSSR count). The Bertz CT molecular complexity index is 601. The molecule has 110 valence electrons. The van der Waals surface area contributed by atoms with Crippen molar-refractivity contribution in [3.63, 3.8) is 0 Å². The summed E-state index contributed by atoms with van der Waals surface area (Å²) in [5.41, 5.74) is 10.9. The Hall–Kier alpha value is -2.00. The first kappa shape index (κ1) is 14.0. The zero-order valence-corrected chi connectivity index (χ0v) is 12.6. The predicted octanol–water partition coefficient (Wildman–Crippen LogP) is 2.78. The van der Waals surface area contributed by atoms with Gasteiger partial charge in [-0.1, -0.05) is 24.3 Å².